The van der Waals surface area contributed by atoms with Crippen molar-refractivity contribution < 1.29 is 14.7 Å². The molecule has 1 aromatic carbocycles. The van der Waals surface area contributed by atoms with Crippen LogP contribution in [0, 0.1) is 11.8 Å². The van der Waals surface area contributed by atoms with Crippen LogP contribution in [0.15, 0.2) is 30.3 Å². The second kappa shape index (κ2) is 6.65. The molecule has 0 radical (unpaired) electrons. The molecule has 0 spiro atoms. The first-order valence-corrected chi connectivity index (χ1v) is 8.81. The summed E-state index contributed by atoms with van der Waals surface area (Å²) in [5.41, 5.74) is 0.230. The molecule has 0 aliphatic carbocycles. The van der Waals surface area contributed by atoms with E-state index in [0.717, 1.165) is 6.54 Å². The summed E-state index contributed by atoms with van der Waals surface area (Å²) in [6, 6.07) is 10.1. The molecule has 5 nitrogen and oxygen atoms in total. The lowest BCUT2D eigenvalue weighted by atomic mass is 9.97. The molecule has 5 heteroatoms. The van der Waals surface area contributed by atoms with E-state index in [1.165, 1.54) is 10.5 Å². The summed E-state index contributed by atoms with van der Waals surface area (Å²) in [5.74, 6) is -0.722. The van der Waals surface area contributed by atoms with Crippen LogP contribution in [0.2, 0.25) is 0 Å². The number of imide groups is 1. The SMILES string of the molecule is CCC(O)(CC)CN1C(=O)C2CN(Cc3ccccc3)CC2C1=O. The van der Waals surface area contributed by atoms with Gasteiger partial charge < -0.3 is 5.11 Å². The van der Waals surface area contributed by atoms with Crippen LogP contribution in [0.1, 0.15) is 32.3 Å². The van der Waals surface area contributed by atoms with E-state index < -0.39 is 5.60 Å². The Morgan fingerprint density at radius 2 is 1.58 bits per heavy atom. The predicted molar refractivity (Wildman–Crippen MR) is 91.0 cm³/mol. The lowest BCUT2D eigenvalue weighted by Gasteiger charge is -2.30. The highest BCUT2D eigenvalue weighted by atomic mass is 16.3. The van der Waals surface area contributed by atoms with Gasteiger partial charge in [0.05, 0.1) is 24.0 Å². The summed E-state index contributed by atoms with van der Waals surface area (Å²) < 4.78 is 0. The Kier molecular flexibility index (Phi) is 4.74. The number of likely N-dealkylation sites (tertiary alicyclic amines) is 2. The molecule has 2 heterocycles. The lowest BCUT2D eigenvalue weighted by molar-refractivity contribution is -0.145. The summed E-state index contributed by atoms with van der Waals surface area (Å²) in [7, 11) is 0. The maximum Gasteiger partial charge on any atom is 0.234 e. The van der Waals surface area contributed by atoms with Crippen molar-refractivity contribution in [1.29, 1.82) is 0 Å². The predicted octanol–water partition coefficient (Wildman–Crippen LogP) is 1.65. The zero-order valence-electron chi connectivity index (χ0n) is 14.4. The molecule has 1 aromatic rings. The Balaban J connectivity index is 1.66. The minimum absolute atomic E-state index is 0.110. The molecule has 2 atom stereocenters. The molecule has 2 aliphatic heterocycles. The number of carbonyl (C=O) groups excluding carboxylic acids is 2. The number of hydrogen-bond donors (Lipinski definition) is 1. The van der Waals surface area contributed by atoms with Gasteiger partial charge in [-0.15, -0.1) is 0 Å². The first-order chi connectivity index (χ1) is 11.5. The normalized spacial score (nSPS) is 24.7. The molecule has 2 unspecified atom stereocenters. The van der Waals surface area contributed by atoms with Crippen LogP contribution in [0.4, 0.5) is 0 Å². The second-order valence-electron chi connectivity index (χ2n) is 7.09. The number of benzene rings is 1. The van der Waals surface area contributed by atoms with Gasteiger partial charge in [-0.2, -0.15) is 0 Å². The molecule has 2 saturated heterocycles. The van der Waals surface area contributed by atoms with Gasteiger partial charge in [0, 0.05) is 19.6 Å². The van der Waals surface area contributed by atoms with E-state index >= 15 is 0 Å². The van der Waals surface area contributed by atoms with Gasteiger partial charge >= 0.3 is 0 Å². The van der Waals surface area contributed by atoms with Crippen LogP contribution < -0.4 is 0 Å². The molecule has 0 bridgehead atoms. The molecule has 1 N–H and O–H groups in total. The number of aliphatic hydroxyl groups is 1. The van der Waals surface area contributed by atoms with Gasteiger partial charge in [-0.25, -0.2) is 0 Å². The first kappa shape index (κ1) is 17.1. The molecular formula is C19H26N2O3. The topological polar surface area (TPSA) is 60.9 Å². The van der Waals surface area contributed by atoms with E-state index in [0.29, 0.717) is 25.9 Å². The maximum atomic E-state index is 12.7. The quantitative estimate of drug-likeness (QED) is 0.806. The molecule has 130 valence electrons. The van der Waals surface area contributed by atoms with E-state index in [-0.39, 0.29) is 30.2 Å². The molecule has 2 fully saturated rings. The third-order valence-electron chi connectivity index (χ3n) is 5.58. The Hall–Kier alpha value is -1.72. The van der Waals surface area contributed by atoms with Crippen molar-refractivity contribution in [2.75, 3.05) is 19.6 Å². The molecule has 2 amide bonds. The van der Waals surface area contributed by atoms with E-state index in [2.05, 4.69) is 17.0 Å². The number of rotatable bonds is 6. The van der Waals surface area contributed by atoms with Gasteiger partial charge in [0.25, 0.3) is 0 Å². The highest BCUT2D eigenvalue weighted by molar-refractivity contribution is 6.05. The smallest absolute Gasteiger partial charge is 0.234 e. The van der Waals surface area contributed by atoms with Crippen LogP contribution in [0.25, 0.3) is 0 Å². The fourth-order valence-corrected chi connectivity index (χ4v) is 3.79. The zero-order valence-corrected chi connectivity index (χ0v) is 14.4. The van der Waals surface area contributed by atoms with Crippen molar-refractivity contribution >= 4 is 11.8 Å². The summed E-state index contributed by atoms with van der Waals surface area (Å²) in [4.78, 5) is 28.8. The largest absolute Gasteiger partial charge is 0.388 e. The number of carbonyl (C=O) groups is 2. The summed E-state index contributed by atoms with van der Waals surface area (Å²) in [6.45, 7) is 5.91. The third kappa shape index (κ3) is 3.10. The Bertz CT molecular complexity index is 588. The molecular weight excluding hydrogens is 304 g/mol. The molecule has 24 heavy (non-hydrogen) atoms. The Morgan fingerprint density at radius 3 is 2.08 bits per heavy atom. The van der Waals surface area contributed by atoms with Crippen LogP contribution in [-0.2, 0) is 16.1 Å². The van der Waals surface area contributed by atoms with Crippen molar-refractivity contribution in [3.63, 3.8) is 0 Å². The average molecular weight is 330 g/mol. The van der Waals surface area contributed by atoms with Gasteiger partial charge in [-0.3, -0.25) is 19.4 Å². The highest BCUT2D eigenvalue weighted by Gasteiger charge is 2.53. The van der Waals surface area contributed by atoms with E-state index in [9.17, 15) is 14.7 Å². The van der Waals surface area contributed by atoms with Gasteiger partial charge in [0.2, 0.25) is 11.8 Å². The lowest BCUT2D eigenvalue weighted by Crippen LogP contribution is -2.46. The van der Waals surface area contributed by atoms with Crippen molar-refractivity contribution in [3.8, 4) is 0 Å². The fourth-order valence-electron chi connectivity index (χ4n) is 3.79. The number of hydrogen-bond acceptors (Lipinski definition) is 4. The van der Waals surface area contributed by atoms with Crippen LogP contribution in [0.3, 0.4) is 0 Å². The van der Waals surface area contributed by atoms with E-state index in [1.807, 2.05) is 32.0 Å². The number of fused-ring (bicyclic) bond motifs is 1. The summed E-state index contributed by atoms with van der Waals surface area (Å²) >= 11 is 0. The average Bonchev–Trinajstić information content (AvgIpc) is 3.10. The van der Waals surface area contributed by atoms with Crippen molar-refractivity contribution in [2.24, 2.45) is 11.8 Å². The number of amides is 2. The summed E-state index contributed by atoms with van der Waals surface area (Å²) in [5, 5.41) is 10.5. The van der Waals surface area contributed by atoms with Gasteiger partial charge in [-0.1, -0.05) is 44.2 Å². The molecule has 3 rings (SSSR count). The highest BCUT2D eigenvalue weighted by Crippen LogP contribution is 2.35. The standard InChI is InChI=1S/C19H26N2O3/c1-3-19(24,4-2)13-21-17(22)15-11-20(12-16(15)18(21)23)10-14-8-6-5-7-9-14/h5-9,15-16,24H,3-4,10-13H2,1-2H3. The minimum atomic E-state index is -0.965. The van der Waals surface area contributed by atoms with Crippen LogP contribution >= 0.6 is 0 Å². The Labute approximate surface area is 143 Å². The Morgan fingerprint density at radius 1 is 1.04 bits per heavy atom. The van der Waals surface area contributed by atoms with Gasteiger partial charge in [0.15, 0.2) is 0 Å². The number of nitrogens with zero attached hydrogens (tertiary/aromatic N) is 2. The maximum absolute atomic E-state index is 12.7. The first-order valence-electron chi connectivity index (χ1n) is 8.81. The molecule has 0 saturated carbocycles. The number of β-amino-alcohol motifs (C(OH)–C–C–N with tert-alkyl or cyclic N) is 1. The molecule has 2 aliphatic rings. The van der Waals surface area contributed by atoms with Crippen molar-refractivity contribution in [1.82, 2.24) is 9.80 Å². The van der Waals surface area contributed by atoms with Crippen LogP contribution in [0.5, 0.6) is 0 Å². The van der Waals surface area contributed by atoms with Crippen molar-refractivity contribution in [3.05, 3.63) is 35.9 Å². The monoisotopic (exact) mass is 330 g/mol. The fraction of sp³-hybridized carbons (Fsp3) is 0.579. The second-order valence-corrected chi connectivity index (χ2v) is 7.09. The third-order valence-corrected chi connectivity index (χ3v) is 5.58. The van der Waals surface area contributed by atoms with E-state index in [1.54, 1.807) is 0 Å². The van der Waals surface area contributed by atoms with E-state index in [4.69, 9.17) is 0 Å². The van der Waals surface area contributed by atoms with Gasteiger partial charge in [-0.05, 0) is 18.4 Å². The minimum Gasteiger partial charge on any atom is -0.388 e. The molecule has 0 aromatic heterocycles. The zero-order chi connectivity index (χ0) is 17.3. The summed E-state index contributed by atoms with van der Waals surface area (Å²) in [6.07, 6.45) is 1.08. The van der Waals surface area contributed by atoms with Gasteiger partial charge in [0.1, 0.15) is 0 Å². The van der Waals surface area contributed by atoms with Crippen LogP contribution in [-0.4, -0.2) is 52.0 Å². The van der Waals surface area contributed by atoms with Crippen molar-refractivity contribution in [2.45, 2.75) is 38.8 Å².